The molecule has 1 aliphatic heterocycles. The number of nitrogens with two attached hydrogens (primary N) is 1. The van der Waals surface area contributed by atoms with E-state index in [2.05, 4.69) is 15.1 Å². The van der Waals surface area contributed by atoms with E-state index in [1.165, 1.54) is 0 Å². The van der Waals surface area contributed by atoms with Gasteiger partial charge >= 0.3 is 0 Å². The maximum atomic E-state index is 11.4. The molecule has 1 saturated carbocycles. The summed E-state index contributed by atoms with van der Waals surface area (Å²) in [6.45, 7) is 1.99. The highest BCUT2D eigenvalue weighted by Crippen LogP contribution is 2.36. The predicted octanol–water partition coefficient (Wildman–Crippen LogP) is 0.779. The largest absolute Gasteiger partial charge is 0.359 e. The lowest BCUT2D eigenvalue weighted by Crippen LogP contribution is -2.40. The summed E-state index contributed by atoms with van der Waals surface area (Å²) in [5.74, 6) is 6.86. The van der Waals surface area contributed by atoms with Gasteiger partial charge in [0.05, 0.1) is 5.37 Å². The number of nitrogens with one attached hydrogen (secondary N) is 2. The summed E-state index contributed by atoms with van der Waals surface area (Å²) in [6, 6.07) is 0. The van der Waals surface area contributed by atoms with E-state index in [9.17, 15) is 4.79 Å². The van der Waals surface area contributed by atoms with Gasteiger partial charge in [-0.2, -0.15) is 0 Å². The van der Waals surface area contributed by atoms with Gasteiger partial charge in [-0.1, -0.05) is 0 Å². The number of carbonyl (C=O) groups is 1. The molecule has 16 heavy (non-hydrogen) atoms. The fraction of sp³-hybridized carbons (Fsp3) is 0.800. The van der Waals surface area contributed by atoms with Crippen molar-refractivity contribution in [1.29, 1.82) is 0 Å². The third-order valence-corrected chi connectivity index (χ3v) is 4.48. The number of hydrogen-bond donors (Lipinski definition) is 3. The second kappa shape index (κ2) is 5.05. The highest BCUT2D eigenvalue weighted by atomic mass is 32.2. The Morgan fingerprint density at radius 1 is 1.50 bits per heavy atom. The molecule has 1 aliphatic carbocycles. The molecule has 0 aromatic carbocycles. The number of hydrogen-bond acceptors (Lipinski definition) is 5. The molecule has 0 aromatic rings. The van der Waals surface area contributed by atoms with Crippen LogP contribution in [0.1, 0.15) is 32.6 Å². The first-order chi connectivity index (χ1) is 7.70. The van der Waals surface area contributed by atoms with Crippen molar-refractivity contribution < 1.29 is 4.79 Å². The summed E-state index contributed by atoms with van der Waals surface area (Å²) in [5, 5.41) is 3.77. The average Bonchev–Trinajstić information content (AvgIpc) is 2.75. The van der Waals surface area contributed by atoms with E-state index < -0.39 is 0 Å². The predicted molar refractivity (Wildman–Crippen MR) is 65.4 cm³/mol. The highest BCUT2D eigenvalue weighted by Gasteiger charge is 2.32. The second-order valence-corrected chi connectivity index (χ2v) is 5.37. The third kappa shape index (κ3) is 2.49. The van der Waals surface area contributed by atoms with Crippen molar-refractivity contribution in [2.24, 2.45) is 22.1 Å². The van der Waals surface area contributed by atoms with Crippen LogP contribution in [0.15, 0.2) is 4.40 Å². The smallest absolute Gasteiger partial charge is 0.236 e. The summed E-state index contributed by atoms with van der Waals surface area (Å²) >= 11 is 1.62. The van der Waals surface area contributed by atoms with E-state index in [-0.39, 0.29) is 11.8 Å². The Morgan fingerprint density at radius 3 is 2.69 bits per heavy atom. The van der Waals surface area contributed by atoms with Crippen molar-refractivity contribution in [2.75, 3.05) is 0 Å². The normalized spacial score (nSPS) is 34.1. The minimum absolute atomic E-state index is 0.0158. The standard InChI is InChI=1S/C10H18N4OS/c1-6-12-10(16-14-6)8-4-2-7(3-5-8)9(15)13-11/h7-8,10H,2-5,11H2,1H3,(H,12,14)(H,13,15)/t7-,8-,10?. The Labute approximate surface area is 99.7 Å². The van der Waals surface area contributed by atoms with Crippen LogP contribution in [0.4, 0.5) is 0 Å². The zero-order valence-electron chi connectivity index (χ0n) is 9.40. The molecule has 6 heteroatoms. The number of rotatable bonds is 2. The Hall–Kier alpha value is -0.750. The Bertz CT molecular complexity index is 299. The van der Waals surface area contributed by atoms with Crippen molar-refractivity contribution in [2.45, 2.75) is 38.0 Å². The van der Waals surface area contributed by atoms with E-state index in [1.807, 2.05) is 6.92 Å². The van der Waals surface area contributed by atoms with Gasteiger partial charge in [-0.3, -0.25) is 10.2 Å². The summed E-state index contributed by atoms with van der Waals surface area (Å²) in [7, 11) is 0. The molecule has 1 heterocycles. The fourth-order valence-electron chi connectivity index (χ4n) is 2.40. The molecule has 2 rings (SSSR count). The van der Waals surface area contributed by atoms with Crippen molar-refractivity contribution in [3.63, 3.8) is 0 Å². The van der Waals surface area contributed by atoms with Crippen LogP contribution in [0.3, 0.4) is 0 Å². The van der Waals surface area contributed by atoms with Crippen LogP contribution < -0.4 is 16.6 Å². The molecular formula is C10H18N4OS. The van der Waals surface area contributed by atoms with E-state index in [0.29, 0.717) is 11.3 Å². The molecule has 0 radical (unpaired) electrons. The first kappa shape index (κ1) is 11.7. The van der Waals surface area contributed by atoms with Crippen LogP contribution in [0.2, 0.25) is 0 Å². The lowest BCUT2D eigenvalue weighted by Gasteiger charge is -2.30. The van der Waals surface area contributed by atoms with Crippen molar-refractivity contribution in [3.05, 3.63) is 0 Å². The molecule has 4 N–H and O–H groups in total. The van der Waals surface area contributed by atoms with Crippen molar-refractivity contribution in [3.8, 4) is 0 Å². The van der Waals surface area contributed by atoms with Crippen molar-refractivity contribution >= 4 is 23.7 Å². The summed E-state index contributed by atoms with van der Waals surface area (Å²) in [5.41, 5.74) is 2.24. The van der Waals surface area contributed by atoms with Crippen LogP contribution in [0.25, 0.3) is 0 Å². The Morgan fingerprint density at radius 2 is 2.19 bits per heavy atom. The van der Waals surface area contributed by atoms with Gasteiger partial charge in [0.1, 0.15) is 5.84 Å². The van der Waals surface area contributed by atoms with Crippen LogP contribution >= 0.6 is 11.9 Å². The molecule has 0 spiro atoms. The molecule has 0 saturated heterocycles. The van der Waals surface area contributed by atoms with Gasteiger partial charge in [-0.05, 0) is 38.5 Å². The molecule has 0 bridgehead atoms. The van der Waals surface area contributed by atoms with Gasteiger partial charge in [0.15, 0.2) is 0 Å². The number of carbonyl (C=O) groups excluding carboxylic acids is 1. The first-order valence-electron chi connectivity index (χ1n) is 5.68. The molecule has 1 atom stereocenters. The fourth-order valence-corrected chi connectivity index (χ4v) is 3.39. The first-order valence-corrected chi connectivity index (χ1v) is 6.51. The van der Waals surface area contributed by atoms with Gasteiger partial charge in [-0.15, -0.1) is 0 Å². The maximum Gasteiger partial charge on any atom is 0.236 e. The minimum atomic E-state index is -0.0158. The highest BCUT2D eigenvalue weighted by molar-refractivity contribution is 7.99. The van der Waals surface area contributed by atoms with Gasteiger partial charge in [0, 0.05) is 17.9 Å². The molecule has 1 amide bonds. The molecule has 5 nitrogen and oxygen atoms in total. The zero-order chi connectivity index (χ0) is 11.5. The third-order valence-electron chi connectivity index (χ3n) is 3.37. The van der Waals surface area contributed by atoms with E-state index in [0.717, 1.165) is 31.5 Å². The van der Waals surface area contributed by atoms with Crippen LogP contribution in [-0.2, 0) is 4.79 Å². The van der Waals surface area contributed by atoms with Crippen LogP contribution in [0.5, 0.6) is 0 Å². The van der Waals surface area contributed by atoms with Crippen molar-refractivity contribution in [1.82, 2.24) is 10.7 Å². The zero-order valence-corrected chi connectivity index (χ0v) is 10.2. The lowest BCUT2D eigenvalue weighted by molar-refractivity contribution is -0.126. The van der Waals surface area contributed by atoms with Gasteiger partial charge in [0.25, 0.3) is 0 Å². The molecule has 1 unspecified atom stereocenters. The van der Waals surface area contributed by atoms with E-state index in [4.69, 9.17) is 5.84 Å². The molecule has 2 aliphatic rings. The summed E-state index contributed by atoms with van der Waals surface area (Å²) < 4.78 is 4.29. The molecular weight excluding hydrogens is 224 g/mol. The average molecular weight is 242 g/mol. The van der Waals surface area contributed by atoms with Gasteiger partial charge in [0.2, 0.25) is 5.91 Å². The number of amides is 1. The summed E-state index contributed by atoms with van der Waals surface area (Å²) in [6.07, 6.45) is 4.02. The quantitative estimate of drug-likeness (QED) is 0.289. The van der Waals surface area contributed by atoms with Gasteiger partial charge in [-0.25, -0.2) is 10.2 Å². The SMILES string of the molecule is CC1=NSC([C@H]2CC[C@H](C(=O)NN)CC2)N1. The number of nitrogens with zero attached hydrogens (tertiary/aromatic N) is 1. The Kier molecular flexibility index (Phi) is 3.70. The van der Waals surface area contributed by atoms with Crippen LogP contribution in [0, 0.1) is 11.8 Å². The second-order valence-electron chi connectivity index (χ2n) is 4.47. The molecule has 90 valence electrons. The monoisotopic (exact) mass is 242 g/mol. The summed E-state index contributed by atoms with van der Waals surface area (Å²) in [4.78, 5) is 11.4. The van der Waals surface area contributed by atoms with Gasteiger partial charge < -0.3 is 5.32 Å². The molecule has 0 aromatic heterocycles. The van der Waals surface area contributed by atoms with E-state index in [1.54, 1.807) is 11.9 Å². The molecule has 1 fully saturated rings. The topological polar surface area (TPSA) is 79.5 Å². The number of amidine groups is 1. The minimum Gasteiger partial charge on any atom is -0.359 e. The number of hydrazine groups is 1. The maximum absolute atomic E-state index is 11.4. The Balaban J connectivity index is 1.79. The lowest BCUT2D eigenvalue weighted by atomic mass is 9.81. The van der Waals surface area contributed by atoms with E-state index >= 15 is 0 Å². The van der Waals surface area contributed by atoms with Crippen LogP contribution in [-0.4, -0.2) is 17.1 Å².